The molecule has 0 aliphatic rings. The molecule has 118 valence electrons. The summed E-state index contributed by atoms with van der Waals surface area (Å²) < 4.78 is 40.0. The second-order valence-electron chi connectivity index (χ2n) is 4.39. The third-order valence-corrected chi connectivity index (χ3v) is 2.78. The fourth-order valence-electron chi connectivity index (χ4n) is 1.81. The molecule has 3 aromatic rings. The maximum absolute atomic E-state index is 12.1. The van der Waals surface area contributed by atoms with Crippen molar-refractivity contribution in [1.82, 2.24) is 19.9 Å². The average Bonchev–Trinajstić information content (AvgIpc) is 2.97. The Balaban J connectivity index is 1.67. The fourth-order valence-corrected chi connectivity index (χ4v) is 1.81. The van der Waals surface area contributed by atoms with Gasteiger partial charge >= 0.3 is 6.36 Å². The number of aromatic amines is 1. The van der Waals surface area contributed by atoms with Crippen LogP contribution in [0.5, 0.6) is 5.75 Å². The molecular weight excluding hydrogens is 313 g/mol. The normalized spacial score (nSPS) is 12.1. The molecule has 0 saturated heterocycles. The van der Waals surface area contributed by atoms with E-state index in [0.717, 1.165) is 0 Å². The first-order valence-electron chi connectivity index (χ1n) is 6.37. The molecule has 0 aliphatic heterocycles. The molecule has 0 fully saturated rings. The molecule has 0 atom stereocenters. The van der Waals surface area contributed by atoms with Crippen LogP contribution < -0.4 is 4.74 Å². The van der Waals surface area contributed by atoms with Crippen LogP contribution in [0.2, 0.25) is 0 Å². The number of hydrogen-bond donors (Lipinski definition) is 1. The highest BCUT2D eigenvalue weighted by molar-refractivity contribution is 5.79. The van der Waals surface area contributed by atoms with E-state index in [9.17, 15) is 13.2 Å². The van der Waals surface area contributed by atoms with Gasteiger partial charge in [0.05, 0.1) is 12.9 Å². The van der Waals surface area contributed by atoms with Gasteiger partial charge in [0.25, 0.3) is 0 Å². The van der Waals surface area contributed by atoms with Crippen LogP contribution in [0.3, 0.4) is 0 Å². The smallest absolute Gasteiger partial charge is 0.406 e. The van der Waals surface area contributed by atoms with E-state index in [-0.39, 0.29) is 12.3 Å². The fraction of sp³-hybridized carbons (Fsp3) is 0.154. The Morgan fingerprint density at radius 1 is 1.09 bits per heavy atom. The summed E-state index contributed by atoms with van der Waals surface area (Å²) in [7, 11) is 0. The van der Waals surface area contributed by atoms with Crippen molar-refractivity contribution in [1.29, 1.82) is 0 Å². The van der Waals surface area contributed by atoms with Crippen LogP contribution in [0, 0.1) is 0 Å². The maximum Gasteiger partial charge on any atom is 0.573 e. The summed E-state index contributed by atoms with van der Waals surface area (Å²) in [4.78, 5) is 14.7. The molecule has 0 aliphatic carbocycles. The van der Waals surface area contributed by atoms with Gasteiger partial charge < -0.3 is 9.72 Å². The van der Waals surface area contributed by atoms with E-state index >= 15 is 0 Å². The van der Waals surface area contributed by atoms with Crippen LogP contribution in [-0.4, -0.2) is 26.3 Å². The van der Waals surface area contributed by atoms with Gasteiger partial charge in [0, 0.05) is 0 Å². The molecule has 1 aromatic carbocycles. The number of ether oxygens (including phenoxy) is 1. The van der Waals surface area contributed by atoms with Crippen molar-refractivity contribution in [3.05, 3.63) is 42.5 Å². The first-order valence-corrected chi connectivity index (χ1v) is 6.37. The number of halogens is 3. The highest BCUT2D eigenvalue weighted by Gasteiger charge is 2.30. The standard InChI is InChI=1S/C13H9F3N6O/c14-13(15,16)23-9-3-1-8(2-4-9)5-21-22-12-10-11(18-6-17-10)19-7-20-12/h1-4,6-7H,5H2,(H,17,18,19,20). The number of nitrogens with zero attached hydrogens (tertiary/aromatic N) is 5. The lowest BCUT2D eigenvalue weighted by atomic mass is 10.2. The van der Waals surface area contributed by atoms with Gasteiger partial charge in [-0.05, 0) is 17.7 Å². The van der Waals surface area contributed by atoms with Crippen LogP contribution in [0.25, 0.3) is 11.2 Å². The second-order valence-corrected chi connectivity index (χ2v) is 4.39. The highest BCUT2D eigenvalue weighted by Crippen LogP contribution is 2.23. The molecule has 0 amide bonds. The van der Waals surface area contributed by atoms with E-state index in [1.165, 1.54) is 36.9 Å². The summed E-state index contributed by atoms with van der Waals surface area (Å²) in [5, 5.41) is 7.94. The van der Waals surface area contributed by atoms with Crippen molar-refractivity contribution in [2.75, 3.05) is 0 Å². The lowest BCUT2D eigenvalue weighted by Gasteiger charge is -2.08. The number of nitrogens with one attached hydrogen (secondary N) is 1. The van der Waals surface area contributed by atoms with Gasteiger partial charge in [0.15, 0.2) is 5.65 Å². The van der Waals surface area contributed by atoms with Gasteiger partial charge in [-0.25, -0.2) is 15.0 Å². The van der Waals surface area contributed by atoms with Gasteiger partial charge in [-0.15, -0.1) is 18.3 Å². The number of aromatic nitrogens is 4. The van der Waals surface area contributed by atoms with Gasteiger partial charge in [-0.3, -0.25) is 0 Å². The number of rotatable bonds is 4. The Hall–Kier alpha value is -3.04. The van der Waals surface area contributed by atoms with Crippen LogP contribution in [0.4, 0.5) is 19.0 Å². The van der Waals surface area contributed by atoms with E-state index < -0.39 is 6.36 Å². The van der Waals surface area contributed by atoms with E-state index in [1.54, 1.807) is 0 Å². The largest absolute Gasteiger partial charge is 0.573 e. The Bertz CT molecular complexity index is 828. The molecule has 23 heavy (non-hydrogen) atoms. The molecule has 2 heterocycles. The second kappa shape index (κ2) is 5.99. The number of H-pyrrole nitrogens is 1. The minimum atomic E-state index is -4.70. The van der Waals surface area contributed by atoms with E-state index in [0.29, 0.717) is 22.5 Å². The molecule has 1 N–H and O–H groups in total. The molecule has 0 spiro atoms. The monoisotopic (exact) mass is 322 g/mol. The summed E-state index contributed by atoms with van der Waals surface area (Å²) in [6, 6.07) is 5.39. The van der Waals surface area contributed by atoms with Gasteiger partial charge in [0.1, 0.15) is 17.6 Å². The van der Waals surface area contributed by atoms with Crippen molar-refractivity contribution in [3.8, 4) is 5.75 Å². The maximum atomic E-state index is 12.1. The summed E-state index contributed by atoms with van der Waals surface area (Å²) in [5.41, 5.74) is 1.71. The van der Waals surface area contributed by atoms with Crippen LogP contribution in [0.1, 0.15) is 5.56 Å². The van der Waals surface area contributed by atoms with Crippen molar-refractivity contribution < 1.29 is 17.9 Å². The zero-order valence-corrected chi connectivity index (χ0v) is 11.4. The topological polar surface area (TPSA) is 88.4 Å². The van der Waals surface area contributed by atoms with Crippen LogP contribution >= 0.6 is 0 Å². The molecule has 0 bridgehead atoms. The van der Waals surface area contributed by atoms with Crippen molar-refractivity contribution in [3.63, 3.8) is 0 Å². The number of alkyl halides is 3. The number of fused-ring (bicyclic) bond motifs is 1. The lowest BCUT2D eigenvalue weighted by molar-refractivity contribution is -0.274. The molecular formula is C13H9F3N6O. The summed E-state index contributed by atoms with van der Waals surface area (Å²) >= 11 is 0. The zero-order chi connectivity index (χ0) is 16.3. The van der Waals surface area contributed by atoms with E-state index in [2.05, 4.69) is 34.9 Å². The molecule has 3 rings (SSSR count). The van der Waals surface area contributed by atoms with Gasteiger partial charge in [-0.2, -0.15) is 5.11 Å². The van der Waals surface area contributed by atoms with E-state index in [4.69, 9.17) is 0 Å². The highest BCUT2D eigenvalue weighted by atomic mass is 19.4. The van der Waals surface area contributed by atoms with Crippen molar-refractivity contribution in [2.45, 2.75) is 12.9 Å². The first kappa shape index (κ1) is 14.9. The van der Waals surface area contributed by atoms with Gasteiger partial charge in [-0.1, -0.05) is 12.1 Å². The Morgan fingerprint density at radius 3 is 2.61 bits per heavy atom. The Labute approximate surface area is 127 Å². The zero-order valence-electron chi connectivity index (χ0n) is 11.4. The minimum absolute atomic E-state index is 0.186. The quantitative estimate of drug-likeness (QED) is 0.744. The van der Waals surface area contributed by atoms with Crippen LogP contribution in [-0.2, 0) is 6.54 Å². The van der Waals surface area contributed by atoms with Crippen molar-refractivity contribution >= 4 is 17.0 Å². The lowest BCUT2D eigenvalue weighted by Crippen LogP contribution is -2.16. The Kier molecular flexibility index (Phi) is 3.87. The molecule has 0 unspecified atom stereocenters. The molecule has 7 nitrogen and oxygen atoms in total. The summed E-state index contributed by atoms with van der Waals surface area (Å²) in [6.07, 6.45) is -1.91. The molecule has 2 aromatic heterocycles. The number of imidazole rings is 1. The summed E-state index contributed by atoms with van der Waals surface area (Å²) in [5.74, 6) is 0.0534. The molecule has 10 heteroatoms. The van der Waals surface area contributed by atoms with Gasteiger partial charge in [0.2, 0.25) is 5.82 Å². The van der Waals surface area contributed by atoms with Crippen LogP contribution in [0.15, 0.2) is 47.1 Å². The number of benzene rings is 1. The summed E-state index contributed by atoms with van der Waals surface area (Å²) in [6.45, 7) is 0.186. The first-order chi connectivity index (χ1) is 11.0. The SMILES string of the molecule is FC(F)(F)Oc1ccc(CN=Nc2ncnc3nc[nH]c23)cc1. The molecule has 0 radical (unpaired) electrons. The van der Waals surface area contributed by atoms with E-state index in [1.807, 2.05) is 0 Å². The van der Waals surface area contributed by atoms with Crippen molar-refractivity contribution in [2.24, 2.45) is 10.2 Å². The third-order valence-electron chi connectivity index (χ3n) is 2.78. The number of azo groups is 1. The average molecular weight is 322 g/mol. The Morgan fingerprint density at radius 2 is 1.87 bits per heavy atom. The predicted octanol–water partition coefficient (Wildman–Crippen LogP) is 3.54. The number of hydrogen-bond acceptors (Lipinski definition) is 6. The third kappa shape index (κ3) is 3.78. The minimum Gasteiger partial charge on any atom is -0.406 e. The predicted molar refractivity (Wildman–Crippen MR) is 73.0 cm³/mol. The molecule has 0 saturated carbocycles.